The molecule has 0 radical (unpaired) electrons. The average Bonchev–Trinajstić information content (AvgIpc) is 3.27. The standard InChI is InChI=1S/C33H28O4/c34-31(35)29(20-23-12-4-1-5-13-23)33(30(32(36)37)21-24-14-6-2-7-15-24)27-19-11-10-18-26(27)22-28(33)25-16-8-3-9-17-25/h1-19,22,29-30H,20-21H2,(H,34,35)(H,36,37). The zero-order valence-electron chi connectivity index (χ0n) is 20.3. The summed E-state index contributed by atoms with van der Waals surface area (Å²) in [6.45, 7) is 0. The van der Waals surface area contributed by atoms with Gasteiger partial charge in [-0.2, -0.15) is 0 Å². The van der Waals surface area contributed by atoms with Gasteiger partial charge in [0.1, 0.15) is 0 Å². The van der Waals surface area contributed by atoms with Crippen molar-refractivity contribution in [1.82, 2.24) is 0 Å². The van der Waals surface area contributed by atoms with E-state index in [2.05, 4.69) is 0 Å². The Morgan fingerprint density at radius 1 is 0.595 bits per heavy atom. The predicted octanol–water partition coefficient (Wildman–Crippen LogP) is 6.37. The van der Waals surface area contributed by atoms with Gasteiger partial charge in [-0.3, -0.25) is 9.59 Å². The van der Waals surface area contributed by atoms with Gasteiger partial charge < -0.3 is 10.2 Å². The highest BCUT2D eigenvalue weighted by Crippen LogP contribution is 2.57. The molecule has 4 aromatic carbocycles. The van der Waals surface area contributed by atoms with Crippen molar-refractivity contribution in [2.45, 2.75) is 18.3 Å². The van der Waals surface area contributed by atoms with Crippen molar-refractivity contribution in [3.63, 3.8) is 0 Å². The molecule has 0 saturated carbocycles. The van der Waals surface area contributed by atoms with Crippen LogP contribution in [0, 0.1) is 11.8 Å². The van der Waals surface area contributed by atoms with Crippen molar-refractivity contribution in [3.05, 3.63) is 143 Å². The maximum absolute atomic E-state index is 13.2. The molecule has 2 unspecified atom stereocenters. The maximum Gasteiger partial charge on any atom is 0.308 e. The Morgan fingerprint density at radius 3 is 1.51 bits per heavy atom. The molecule has 0 aliphatic heterocycles. The second kappa shape index (κ2) is 10.3. The first kappa shape index (κ1) is 24.3. The fourth-order valence-corrected chi connectivity index (χ4v) is 5.94. The highest BCUT2D eigenvalue weighted by Gasteiger charge is 2.58. The van der Waals surface area contributed by atoms with Crippen LogP contribution < -0.4 is 0 Å². The van der Waals surface area contributed by atoms with Gasteiger partial charge in [0, 0.05) is 5.41 Å². The number of fused-ring (bicyclic) bond motifs is 1. The molecule has 0 fully saturated rings. The van der Waals surface area contributed by atoms with Crippen molar-refractivity contribution in [3.8, 4) is 0 Å². The van der Waals surface area contributed by atoms with Crippen LogP contribution in [0.1, 0.15) is 27.8 Å². The van der Waals surface area contributed by atoms with Crippen LogP contribution in [0.5, 0.6) is 0 Å². The molecule has 2 N–H and O–H groups in total. The molecule has 1 aliphatic carbocycles. The van der Waals surface area contributed by atoms with Crippen LogP contribution in [0.3, 0.4) is 0 Å². The molecule has 1 aliphatic rings. The summed E-state index contributed by atoms with van der Waals surface area (Å²) in [6, 6.07) is 36.2. The Bertz CT molecular complexity index is 1370. The first-order valence-corrected chi connectivity index (χ1v) is 12.4. The van der Waals surface area contributed by atoms with Crippen LogP contribution in [0.2, 0.25) is 0 Å². The Labute approximate surface area is 216 Å². The summed E-state index contributed by atoms with van der Waals surface area (Å²) in [6.07, 6.45) is 2.40. The third-order valence-electron chi connectivity index (χ3n) is 7.50. The fourth-order valence-electron chi connectivity index (χ4n) is 5.94. The van der Waals surface area contributed by atoms with Gasteiger partial charge in [-0.1, -0.05) is 115 Å². The summed E-state index contributed by atoms with van der Waals surface area (Å²) >= 11 is 0. The van der Waals surface area contributed by atoms with E-state index in [1.807, 2.05) is 121 Å². The number of aliphatic carboxylic acids is 2. The quantitative estimate of drug-likeness (QED) is 0.287. The highest BCUT2D eigenvalue weighted by atomic mass is 16.4. The van der Waals surface area contributed by atoms with E-state index in [1.165, 1.54) is 0 Å². The molecule has 4 heteroatoms. The van der Waals surface area contributed by atoms with Gasteiger partial charge in [0.25, 0.3) is 0 Å². The summed E-state index contributed by atoms with van der Waals surface area (Å²) in [7, 11) is 0. The molecule has 0 amide bonds. The number of carboxylic acids is 2. The van der Waals surface area contributed by atoms with Crippen molar-refractivity contribution in [2.75, 3.05) is 0 Å². The van der Waals surface area contributed by atoms with Gasteiger partial charge in [0.15, 0.2) is 0 Å². The number of benzene rings is 4. The minimum atomic E-state index is -1.30. The first-order valence-electron chi connectivity index (χ1n) is 12.4. The van der Waals surface area contributed by atoms with E-state index in [1.54, 1.807) is 0 Å². The molecule has 0 spiro atoms. The van der Waals surface area contributed by atoms with E-state index in [-0.39, 0.29) is 12.8 Å². The molecule has 4 aromatic rings. The monoisotopic (exact) mass is 488 g/mol. The SMILES string of the molecule is O=C(O)C(Cc1ccccc1)C1(C(Cc2ccccc2)C(=O)O)C(c2ccccc2)=Cc2ccccc21. The third-order valence-corrected chi connectivity index (χ3v) is 7.50. The summed E-state index contributed by atoms with van der Waals surface area (Å²) in [5.41, 5.74) is 3.59. The zero-order valence-corrected chi connectivity index (χ0v) is 20.3. The highest BCUT2D eigenvalue weighted by molar-refractivity contribution is 6.00. The molecule has 2 atom stereocenters. The lowest BCUT2D eigenvalue weighted by Crippen LogP contribution is -2.50. The van der Waals surface area contributed by atoms with E-state index in [4.69, 9.17) is 0 Å². The second-order valence-electron chi connectivity index (χ2n) is 9.54. The van der Waals surface area contributed by atoms with E-state index >= 15 is 0 Å². The van der Waals surface area contributed by atoms with Gasteiger partial charge in [0.2, 0.25) is 0 Å². The topological polar surface area (TPSA) is 74.6 Å². The summed E-state index contributed by atoms with van der Waals surface area (Å²) in [4.78, 5) is 26.5. The maximum atomic E-state index is 13.2. The summed E-state index contributed by atoms with van der Waals surface area (Å²) in [5.74, 6) is -4.06. The summed E-state index contributed by atoms with van der Waals surface area (Å²) < 4.78 is 0. The van der Waals surface area contributed by atoms with Gasteiger partial charge in [0.05, 0.1) is 11.8 Å². The lowest BCUT2D eigenvalue weighted by molar-refractivity contribution is -0.149. The fraction of sp³-hybridized carbons (Fsp3) is 0.152. The Hall–Kier alpha value is -4.44. The lowest BCUT2D eigenvalue weighted by atomic mass is 9.56. The molecular formula is C33H28O4. The molecule has 5 rings (SSSR count). The number of allylic oxidation sites excluding steroid dienone is 1. The van der Waals surface area contributed by atoms with Crippen molar-refractivity contribution >= 4 is 23.6 Å². The van der Waals surface area contributed by atoms with Gasteiger partial charge in [-0.25, -0.2) is 0 Å². The molecule has 0 aromatic heterocycles. The minimum Gasteiger partial charge on any atom is -0.481 e. The largest absolute Gasteiger partial charge is 0.481 e. The number of carbonyl (C=O) groups is 2. The van der Waals surface area contributed by atoms with Crippen LogP contribution in [0.25, 0.3) is 11.6 Å². The van der Waals surface area contributed by atoms with Crippen molar-refractivity contribution in [2.24, 2.45) is 11.8 Å². The van der Waals surface area contributed by atoms with E-state index in [0.29, 0.717) is 0 Å². The Balaban J connectivity index is 1.81. The van der Waals surface area contributed by atoms with Gasteiger partial charge in [-0.15, -0.1) is 0 Å². The normalized spacial score (nSPS) is 17.9. The Kier molecular flexibility index (Phi) is 6.74. The van der Waals surface area contributed by atoms with Gasteiger partial charge in [-0.05, 0) is 52.3 Å². The molecule has 184 valence electrons. The molecule has 37 heavy (non-hydrogen) atoms. The number of hydrogen-bond donors (Lipinski definition) is 2. The second-order valence-corrected chi connectivity index (χ2v) is 9.54. The van der Waals surface area contributed by atoms with Crippen LogP contribution in [-0.2, 0) is 27.8 Å². The molecule has 4 nitrogen and oxygen atoms in total. The van der Waals surface area contributed by atoms with Crippen LogP contribution in [0.15, 0.2) is 115 Å². The molecule has 0 bridgehead atoms. The average molecular weight is 489 g/mol. The van der Waals surface area contributed by atoms with Gasteiger partial charge >= 0.3 is 11.9 Å². The summed E-state index contributed by atoms with van der Waals surface area (Å²) in [5, 5.41) is 21.7. The number of hydrogen-bond acceptors (Lipinski definition) is 2. The van der Waals surface area contributed by atoms with E-state index in [0.717, 1.165) is 33.4 Å². The van der Waals surface area contributed by atoms with E-state index < -0.39 is 29.2 Å². The predicted molar refractivity (Wildman–Crippen MR) is 145 cm³/mol. The molecular weight excluding hydrogens is 460 g/mol. The van der Waals surface area contributed by atoms with E-state index in [9.17, 15) is 19.8 Å². The lowest BCUT2D eigenvalue weighted by Gasteiger charge is -2.44. The van der Waals surface area contributed by atoms with Crippen LogP contribution in [-0.4, -0.2) is 22.2 Å². The van der Waals surface area contributed by atoms with Crippen LogP contribution in [0.4, 0.5) is 0 Å². The minimum absolute atomic E-state index is 0.202. The van der Waals surface area contributed by atoms with Crippen LogP contribution >= 0.6 is 0 Å². The zero-order chi connectivity index (χ0) is 25.8. The Morgan fingerprint density at radius 2 is 1.03 bits per heavy atom. The molecule has 0 heterocycles. The number of rotatable bonds is 9. The van der Waals surface area contributed by atoms with Crippen molar-refractivity contribution in [1.29, 1.82) is 0 Å². The van der Waals surface area contributed by atoms with Crippen molar-refractivity contribution < 1.29 is 19.8 Å². The number of carboxylic acid groups (broad SMARTS) is 2. The first-order chi connectivity index (χ1) is 18.0. The third kappa shape index (κ3) is 4.47. The smallest absolute Gasteiger partial charge is 0.308 e. The molecule has 0 saturated heterocycles.